The molecule has 0 saturated carbocycles. The van der Waals surface area contributed by atoms with Crippen LogP contribution in [0.1, 0.15) is 24.3 Å². The number of furan rings is 1. The SMILES string of the molecule is CCNC(c1cc2cccc(F)c2o1)c1ccccc1I. The summed E-state index contributed by atoms with van der Waals surface area (Å²) in [6.45, 7) is 2.85. The van der Waals surface area contributed by atoms with Gasteiger partial charge in [-0.3, -0.25) is 0 Å². The topological polar surface area (TPSA) is 25.2 Å². The van der Waals surface area contributed by atoms with Crippen molar-refractivity contribution in [3.05, 3.63) is 69.2 Å². The van der Waals surface area contributed by atoms with Crippen LogP contribution in [0, 0.1) is 9.39 Å². The third kappa shape index (κ3) is 2.82. The highest BCUT2D eigenvalue weighted by atomic mass is 127. The van der Waals surface area contributed by atoms with E-state index in [1.54, 1.807) is 6.07 Å². The van der Waals surface area contributed by atoms with E-state index in [0.29, 0.717) is 5.58 Å². The van der Waals surface area contributed by atoms with Crippen molar-refractivity contribution in [2.45, 2.75) is 13.0 Å². The molecule has 2 nitrogen and oxygen atoms in total. The third-order valence-electron chi connectivity index (χ3n) is 3.42. The van der Waals surface area contributed by atoms with Crippen LogP contribution in [0.25, 0.3) is 11.0 Å². The number of nitrogens with one attached hydrogen (secondary N) is 1. The van der Waals surface area contributed by atoms with E-state index in [0.717, 1.165) is 26.8 Å². The smallest absolute Gasteiger partial charge is 0.169 e. The van der Waals surface area contributed by atoms with E-state index in [9.17, 15) is 4.39 Å². The summed E-state index contributed by atoms with van der Waals surface area (Å²) < 4.78 is 20.8. The molecule has 21 heavy (non-hydrogen) atoms. The molecule has 0 amide bonds. The first-order valence-electron chi connectivity index (χ1n) is 6.86. The van der Waals surface area contributed by atoms with Crippen LogP contribution in [0.4, 0.5) is 4.39 Å². The highest BCUT2D eigenvalue weighted by Crippen LogP contribution is 2.31. The van der Waals surface area contributed by atoms with Crippen LogP contribution in [0.3, 0.4) is 0 Å². The summed E-state index contributed by atoms with van der Waals surface area (Å²) in [7, 11) is 0. The molecule has 1 unspecified atom stereocenters. The molecule has 108 valence electrons. The van der Waals surface area contributed by atoms with E-state index >= 15 is 0 Å². The van der Waals surface area contributed by atoms with Gasteiger partial charge in [0.15, 0.2) is 11.4 Å². The Kier molecular flexibility index (Phi) is 4.26. The summed E-state index contributed by atoms with van der Waals surface area (Å²) in [5, 5.41) is 4.21. The van der Waals surface area contributed by atoms with E-state index in [1.165, 1.54) is 6.07 Å². The summed E-state index contributed by atoms with van der Waals surface area (Å²) in [4.78, 5) is 0. The molecule has 1 heterocycles. The normalized spacial score (nSPS) is 12.7. The van der Waals surface area contributed by atoms with Gasteiger partial charge in [0.05, 0.1) is 6.04 Å². The van der Waals surface area contributed by atoms with Crippen LogP contribution in [0.15, 0.2) is 52.9 Å². The van der Waals surface area contributed by atoms with Crippen molar-refractivity contribution >= 4 is 33.6 Å². The molecule has 3 aromatic rings. The Hall–Kier alpha value is -1.40. The molecular formula is C17H15FINO. The van der Waals surface area contributed by atoms with Crippen molar-refractivity contribution in [2.24, 2.45) is 0 Å². The number of para-hydroxylation sites is 1. The second-order valence-corrected chi connectivity index (χ2v) is 5.98. The average Bonchev–Trinajstić information content (AvgIpc) is 2.91. The first kappa shape index (κ1) is 14.5. The molecule has 0 fully saturated rings. The molecule has 1 N–H and O–H groups in total. The van der Waals surface area contributed by atoms with Crippen LogP contribution in [-0.2, 0) is 0 Å². The molecule has 0 saturated heterocycles. The maximum atomic E-state index is 13.8. The van der Waals surface area contributed by atoms with Crippen LogP contribution < -0.4 is 5.32 Å². The number of halogens is 2. The van der Waals surface area contributed by atoms with Gasteiger partial charge in [-0.25, -0.2) is 4.39 Å². The Morgan fingerprint density at radius 1 is 1.19 bits per heavy atom. The third-order valence-corrected chi connectivity index (χ3v) is 4.41. The zero-order valence-electron chi connectivity index (χ0n) is 11.6. The minimum absolute atomic E-state index is 0.0742. The average molecular weight is 395 g/mol. The van der Waals surface area contributed by atoms with Gasteiger partial charge in [0.2, 0.25) is 0 Å². The lowest BCUT2D eigenvalue weighted by Gasteiger charge is -2.17. The fourth-order valence-electron chi connectivity index (χ4n) is 2.47. The molecule has 1 atom stereocenters. The van der Waals surface area contributed by atoms with E-state index in [1.807, 2.05) is 31.2 Å². The van der Waals surface area contributed by atoms with Gasteiger partial charge in [-0.1, -0.05) is 37.3 Å². The fraction of sp³-hybridized carbons (Fsp3) is 0.176. The maximum absolute atomic E-state index is 13.8. The highest BCUT2D eigenvalue weighted by molar-refractivity contribution is 14.1. The number of rotatable bonds is 4. The van der Waals surface area contributed by atoms with E-state index in [2.05, 4.69) is 40.0 Å². The quantitative estimate of drug-likeness (QED) is 0.638. The molecule has 0 bridgehead atoms. The highest BCUT2D eigenvalue weighted by Gasteiger charge is 2.20. The predicted octanol–water partition coefficient (Wildman–Crippen LogP) is 4.88. The first-order chi connectivity index (χ1) is 10.2. The predicted molar refractivity (Wildman–Crippen MR) is 90.9 cm³/mol. The fourth-order valence-corrected chi connectivity index (χ4v) is 3.17. The summed E-state index contributed by atoms with van der Waals surface area (Å²) in [5.74, 6) is 0.415. The van der Waals surface area contributed by atoms with Gasteiger partial charge in [-0.05, 0) is 52.9 Å². The molecule has 0 aliphatic heterocycles. The van der Waals surface area contributed by atoms with Crippen LogP contribution in [0.5, 0.6) is 0 Å². The second-order valence-electron chi connectivity index (χ2n) is 4.82. The summed E-state index contributed by atoms with van der Waals surface area (Å²) in [6, 6.07) is 15.0. The number of benzene rings is 2. The van der Waals surface area contributed by atoms with Crippen molar-refractivity contribution in [2.75, 3.05) is 6.54 Å². The molecule has 4 heteroatoms. The molecule has 0 aliphatic rings. The number of hydrogen-bond donors (Lipinski definition) is 1. The minimum atomic E-state index is -0.322. The Morgan fingerprint density at radius 2 is 2.00 bits per heavy atom. The largest absolute Gasteiger partial charge is 0.456 e. The van der Waals surface area contributed by atoms with Gasteiger partial charge in [0, 0.05) is 8.96 Å². The van der Waals surface area contributed by atoms with Gasteiger partial charge in [0.1, 0.15) is 5.76 Å². The van der Waals surface area contributed by atoms with Crippen molar-refractivity contribution in [1.82, 2.24) is 5.32 Å². The molecule has 0 radical (unpaired) electrons. The zero-order chi connectivity index (χ0) is 14.8. The molecule has 0 aliphatic carbocycles. The van der Waals surface area contributed by atoms with Crippen LogP contribution in [0.2, 0.25) is 0 Å². The minimum Gasteiger partial charge on any atom is -0.456 e. The second kappa shape index (κ2) is 6.15. The molecular weight excluding hydrogens is 380 g/mol. The van der Waals surface area contributed by atoms with E-state index in [4.69, 9.17) is 4.42 Å². The lowest BCUT2D eigenvalue weighted by atomic mass is 10.0. The van der Waals surface area contributed by atoms with Crippen LogP contribution in [-0.4, -0.2) is 6.54 Å². The van der Waals surface area contributed by atoms with Gasteiger partial charge in [-0.2, -0.15) is 0 Å². The first-order valence-corrected chi connectivity index (χ1v) is 7.94. The summed E-state index contributed by atoms with van der Waals surface area (Å²) >= 11 is 2.31. The van der Waals surface area contributed by atoms with Crippen molar-refractivity contribution < 1.29 is 8.81 Å². The Morgan fingerprint density at radius 3 is 2.71 bits per heavy atom. The monoisotopic (exact) mass is 395 g/mol. The zero-order valence-corrected chi connectivity index (χ0v) is 13.7. The number of fused-ring (bicyclic) bond motifs is 1. The standard InChI is InChI=1S/C17H15FINO/c1-2-20-16(12-7-3-4-9-14(12)19)15-10-11-6-5-8-13(18)17(11)21-15/h3-10,16,20H,2H2,1H3. The van der Waals surface area contributed by atoms with Gasteiger partial charge in [-0.15, -0.1) is 0 Å². The van der Waals surface area contributed by atoms with Crippen LogP contribution >= 0.6 is 22.6 Å². The van der Waals surface area contributed by atoms with Gasteiger partial charge in [0.25, 0.3) is 0 Å². The Labute approximate surface area is 136 Å². The van der Waals surface area contributed by atoms with Crippen molar-refractivity contribution in [3.63, 3.8) is 0 Å². The van der Waals surface area contributed by atoms with Gasteiger partial charge < -0.3 is 9.73 Å². The van der Waals surface area contributed by atoms with E-state index < -0.39 is 0 Å². The van der Waals surface area contributed by atoms with Gasteiger partial charge >= 0.3 is 0 Å². The molecule has 2 aromatic carbocycles. The number of hydrogen-bond acceptors (Lipinski definition) is 2. The Balaban J connectivity index is 2.11. The summed E-state index contributed by atoms with van der Waals surface area (Å²) in [5.41, 5.74) is 1.46. The van der Waals surface area contributed by atoms with Crippen molar-refractivity contribution in [3.8, 4) is 0 Å². The maximum Gasteiger partial charge on any atom is 0.169 e. The molecule has 1 aromatic heterocycles. The molecule has 3 rings (SSSR count). The summed E-state index contributed by atoms with van der Waals surface area (Å²) in [6.07, 6.45) is 0. The van der Waals surface area contributed by atoms with Crippen molar-refractivity contribution in [1.29, 1.82) is 0 Å². The molecule has 0 spiro atoms. The lowest BCUT2D eigenvalue weighted by Crippen LogP contribution is -2.22. The van der Waals surface area contributed by atoms with E-state index in [-0.39, 0.29) is 11.9 Å². The Bertz CT molecular complexity index is 768. The lowest BCUT2D eigenvalue weighted by molar-refractivity contribution is 0.464.